The van der Waals surface area contributed by atoms with Crippen LogP contribution in [0.15, 0.2) is 48.5 Å². The third-order valence-corrected chi connectivity index (χ3v) is 6.85. The standard InChI is InChI=1S/C25H26FN9O/c1-36-20-11-8-18-14-21(24-27-30-32-35(24)22(18)15-20)23(33-12-4-2-3-5-13-33)25-28-29-31-34(25)16-17-6-9-19(26)10-7-17/h6-11,14-15,23H,2-5,12-13,16H2,1H3/t23-/m1/s1. The number of ether oxygens (including phenoxy) is 1. The number of benzene rings is 2. The quantitative estimate of drug-likeness (QED) is 0.359. The van der Waals surface area contributed by atoms with Crippen molar-refractivity contribution < 1.29 is 9.13 Å². The lowest BCUT2D eigenvalue weighted by Crippen LogP contribution is -2.33. The molecule has 0 aliphatic carbocycles. The SMILES string of the molecule is COc1ccc2cc([C@H](c3nnnn3Cc3ccc(F)cc3)N3CCCCCC3)c3nnnn3c2c1. The molecule has 5 aromatic rings. The van der Waals surface area contributed by atoms with Crippen molar-refractivity contribution in [2.45, 2.75) is 38.3 Å². The second kappa shape index (κ2) is 9.57. The zero-order chi connectivity index (χ0) is 24.5. The molecule has 0 unspecified atom stereocenters. The Labute approximate surface area is 206 Å². The van der Waals surface area contributed by atoms with Crippen LogP contribution < -0.4 is 4.74 Å². The van der Waals surface area contributed by atoms with E-state index in [1.807, 2.05) is 18.2 Å². The molecule has 11 heteroatoms. The molecule has 0 bridgehead atoms. The zero-order valence-electron chi connectivity index (χ0n) is 20.0. The van der Waals surface area contributed by atoms with Gasteiger partial charge in [0.2, 0.25) is 0 Å². The van der Waals surface area contributed by atoms with Crippen LogP contribution in [-0.4, -0.2) is 65.3 Å². The highest BCUT2D eigenvalue weighted by atomic mass is 19.1. The molecule has 36 heavy (non-hydrogen) atoms. The summed E-state index contributed by atoms with van der Waals surface area (Å²) in [6, 6.07) is 14.2. The maximum atomic E-state index is 13.5. The Hall–Kier alpha value is -3.99. The van der Waals surface area contributed by atoms with E-state index in [0.29, 0.717) is 18.0 Å². The van der Waals surface area contributed by atoms with Crippen LogP contribution in [0, 0.1) is 5.82 Å². The summed E-state index contributed by atoms with van der Waals surface area (Å²) in [5.74, 6) is 1.17. The van der Waals surface area contributed by atoms with Crippen LogP contribution in [0.2, 0.25) is 0 Å². The number of hydrogen-bond acceptors (Lipinski definition) is 8. The Bertz CT molecular complexity index is 1490. The van der Waals surface area contributed by atoms with Crippen LogP contribution in [0.4, 0.5) is 4.39 Å². The highest BCUT2D eigenvalue weighted by molar-refractivity contribution is 5.84. The summed E-state index contributed by atoms with van der Waals surface area (Å²) in [6.07, 6.45) is 4.59. The summed E-state index contributed by atoms with van der Waals surface area (Å²) in [5.41, 5.74) is 3.37. The number of pyridine rings is 1. The molecule has 0 saturated carbocycles. The number of aromatic nitrogens is 8. The Morgan fingerprint density at radius 3 is 2.47 bits per heavy atom. The van der Waals surface area contributed by atoms with E-state index >= 15 is 0 Å². The van der Waals surface area contributed by atoms with Gasteiger partial charge >= 0.3 is 0 Å². The minimum atomic E-state index is -0.271. The number of halogens is 1. The summed E-state index contributed by atoms with van der Waals surface area (Å²) in [4.78, 5) is 2.43. The fraction of sp³-hybridized carbons (Fsp3) is 0.360. The van der Waals surface area contributed by atoms with Crippen molar-refractivity contribution in [1.29, 1.82) is 0 Å². The molecule has 0 radical (unpaired) electrons. The summed E-state index contributed by atoms with van der Waals surface area (Å²) in [6.45, 7) is 2.27. The van der Waals surface area contributed by atoms with Gasteiger partial charge in [0, 0.05) is 17.0 Å². The molecule has 0 spiro atoms. The van der Waals surface area contributed by atoms with Crippen molar-refractivity contribution in [3.8, 4) is 5.75 Å². The third kappa shape index (κ3) is 4.15. The second-order valence-electron chi connectivity index (χ2n) is 9.11. The smallest absolute Gasteiger partial charge is 0.185 e. The van der Waals surface area contributed by atoms with Crippen LogP contribution in [0.5, 0.6) is 5.75 Å². The van der Waals surface area contributed by atoms with Gasteiger partial charge < -0.3 is 4.74 Å². The summed E-state index contributed by atoms with van der Waals surface area (Å²) in [7, 11) is 1.64. The number of rotatable bonds is 6. The predicted molar refractivity (Wildman–Crippen MR) is 130 cm³/mol. The first kappa shape index (κ1) is 22.5. The molecule has 6 rings (SSSR count). The maximum absolute atomic E-state index is 13.5. The Morgan fingerprint density at radius 2 is 1.69 bits per heavy atom. The average Bonchev–Trinajstić information content (AvgIpc) is 3.49. The molecule has 0 N–H and O–H groups in total. The van der Waals surface area contributed by atoms with E-state index in [-0.39, 0.29) is 11.9 Å². The van der Waals surface area contributed by atoms with Gasteiger partial charge in [0.1, 0.15) is 17.6 Å². The largest absolute Gasteiger partial charge is 0.497 e. The van der Waals surface area contributed by atoms with Crippen molar-refractivity contribution in [2.24, 2.45) is 0 Å². The van der Waals surface area contributed by atoms with Crippen LogP contribution in [0.3, 0.4) is 0 Å². The zero-order valence-corrected chi connectivity index (χ0v) is 20.0. The molecule has 0 amide bonds. The molecule has 184 valence electrons. The van der Waals surface area contributed by atoms with Gasteiger partial charge in [-0.2, -0.15) is 4.52 Å². The van der Waals surface area contributed by atoms with Gasteiger partial charge in [0.15, 0.2) is 11.5 Å². The average molecular weight is 488 g/mol. The fourth-order valence-corrected chi connectivity index (χ4v) is 5.05. The number of likely N-dealkylation sites (tertiary alicyclic amines) is 1. The van der Waals surface area contributed by atoms with Crippen molar-refractivity contribution in [3.63, 3.8) is 0 Å². The molecule has 1 fully saturated rings. The molecular weight excluding hydrogens is 461 g/mol. The minimum absolute atomic E-state index is 0.251. The van der Waals surface area contributed by atoms with Crippen LogP contribution in [0.25, 0.3) is 16.6 Å². The van der Waals surface area contributed by atoms with E-state index in [9.17, 15) is 4.39 Å². The van der Waals surface area contributed by atoms with E-state index in [4.69, 9.17) is 4.74 Å². The summed E-state index contributed by atoms with van der Waals surface area (Å²) >= 11 is 0. The topological polar surface area (TPSA) is 99.2 Å². The number of nitrogens with zero attached hydrogens (tertiary/aromatic N) is 9. The fourth-order valence-electron chi connectivity index (χ4n) is 5.05. The molecule has 4 heterocycles. The van der Waals surface area contributed by atoms with E-state index in [1.54, 1.807) is 28.4 Å². The Morgan fingerprint density at radius 1 is 0.917 bits per heavy atom. The van der Waals surface area contributed by atoms with Crippen LogP contribution in [-0.2, 0) is 6.54 Å². The van der Waals surface area contributed by atoms with Crippen molar-refractivity contribution >= 4 is 16.6 Å². The predicted octanol–water partition coefficient (Wildman–Crippen LogP) is 3.43. The molecule has 10 nitrogen and oxygen atoms in total. The molecular formula is C25H26FN9O. The van der Waals surface area contributed by atoms with Gasteiger partial charge in [-0.3, -0.25) is 4.90 Å². The summed E-state index contributed by atoms with van der Waals surface area (Å²) in [5, 5.41) is 26.6. The Balaban J connectivity index is 1.51. The van der Waals surface area contributed by atoms with Gasteiger partial charge in [-0.1, -0.05) is 25.0 Å². The molecule has 3 aromatic heterocycles. The first-order valence-electron chi connectivity index (χ1n) is 12.1. The van der Waals surface area contributed by atoms with Crippen molar-refractivity contribution in [1.82, 2.24) is 45.1 Å². The number of hydrogen-bond donors (Lipinski definition) is 0. The highest BCUT2D eigenvalue weighted by Crippen LogP contribution is 2.34. The first-order chi connectivity index (χ1) is 17.7. The molecule has 1 aliphatic heterocycles. The highest BCUT2D eigenvalue weighted by Gasteiger charge is 2.31. The van der Waals surface area contributed by atoms with Crippen molar-refractivity contribution in [2.75, 3.05) is 20.2 Å². The molecule has 1 aliphatic rings. The van der Waals surface area contributed by atoms with E-state index in [0.717, 1.165) is 53.7 Å². The normalized spacial score (nSPS) is 15.8. The lowest BCUT2D eigenvalue weighted by atomic mass is 10.0. The molecule has 1 saturated heterocycles. The molecule has 2 aromatic carbocycles. The first-order valence-corrected chi connectivity index (χ1v) is 12.1. The maximum Gasteiger partial charge on any atom is 0.185 e. The van der Waals surface area contributed by atoms with E-state index in [2.05, 4.69) is 42.0 Å². The number of methoxy groups -OCH3 is 1. The second-order valence-corrected chi connectivity index (χ2v) is 9.11. The van der Waals surface area contributed by atoms with Gasteiger partial charge in [0.05, 0.1) is 19.2 Å². The monoisotopic (exact) mass is 487 g/mol. The lowest BCUT2D eigenvalue weighted by molar-refractivity contribution is 0.222. The third-order valence-electron chi connectivity index (χ3n) is 6.85. The van der Waals surface area contributed by atoms with E-state index in [1.165, 1.54) is 25.0 Å². The number of fused-ring (bicyclic) bond motifs is 3. The van der Waals surface area contributed by atoms with Crippen LogP contribution in [0.1, 0.15) is 48.7 Å². The van der Waals surface area contributed by atoms with Gasteiger partial charge in [0.25, 0.3) is 0 Å². The minimum Gasteiger partial charge on any atom is -0.497 e. The van der Waals surface area contributed by atoms with Gasteiger partial charge in [-0.25, -0.2) is 9.07 Å². The van der Waals surface area contributed by atoms with E-state index < -0.39 is 0 Å². The lowest BCUT2D eigenvalue weighted by Gasteiger charge is -2.30. The van der Waals surface area contributed by atoms with Gasteiger partial charge in [-0.05, 0) is 82.7 Å². The number of tetrazole rings is 2. The Kier molecular flexibility index (Phi) is 5.98. The van der Waals surface area contributed by atoms with Gasteiger partial charge in [-0.15, -0.1) is 10.2 Å². The molecule has 1 atom stereocenters. The van der Waals surface area contributed by atoms with Crippen LogP contribution >= 0.6 is 0 Å². The summed E-state index contributed by atoms with van der Waals surface area (Å²) < 4.78 is 22.5. The van der Waals surface area contributed by atoms with Crippen molar-refractivity contribution in [3.05, 3.63) is 71.3 Å².